The van der Waals surface area contributed by atoms with Crippen molar-refractivity contribution < 1.29 is 18.3 Å². The predicted octanol–water partition coefficient (Wildman–Crippen LogP) is 1.18. The van der Waals surface area contributed by atoms with E-state index in [9.17, 15) is 13.2 Å². The van der Waals surface area contributed by atoms with E-state index in [-0.39, 0.29) is 23.9 Å². The summed E-state index contributed by atoms with van der Waals surface area (Å²) in [5.74, 6) is -1.30. The van der Waals surface area contributed by atoms with Gasteiger partial charge in [-0.25, -0.2) is 0 Å². The molecular weight excluding hydrogens is 294 g/mol. The zero-order chi connectivity index (χ0) is 15.0. The van der Waals surface area contributed by atoms with Gasteiger partial charge in [0.15, 0.2) is 5.03 Å². The van der Waals surface area contributed by atoms with Crippen molar-refractivity contribution in [1.29, 1.82) is 0 Å². The highest BCUT2D eigenvalue weighted by atomic mass is 32.2. The number of carboxylic acid groups (broad SMARTS) is 1. The molecule has 8 heteroatoms. The predicted molar refractivity (Wildman–Crippen MR) is 74.6 cm³/mol. The summed E-state index contributed by atoms with van der Waals surface area (Å²) >= 11 is 0. The molecule has 0 bridgehead atoms. The molecule has 110 valence electrons. The second-order valence-corrected chi connectivity index (χ2v) is 6.64. The molecule has 0 saturated heterocycles. The number of H-pyrrole nitrogens is 1. The Hall–Kier alpha value is -2.35. The van der Waals surface area contributed by atoms with Gasteiger partial charge in [0.1, 0.15) is 0 Å². The summed E-state index contributed by atoms with van der Waals surface area (Å²) in [6.45, 7) is 0.118. The van der Waals surface area contributed by atoms with Crippen molar-refractivity contribution in [2.24, 2.45) is 0 Å². The molecule has 0 aliphatic carbocycles. The number of nitrogens with zero attached hydrogens (tertiary/aromatic N) is 2. The van der Waals surface area contributed by atoms with Crippen LogP contribution < -0.4 is 4.31 Å². The second kappa shape index (κ2) is 4.88. The molecule has 1 aliphatic rings. The van der Waals surface area contributed by atoms with Gasteiger partial charge in [-0.15, -0.1) is 0 Å². The van der Waals surface area contributed by atoms with Crippen LogP contribution in [0.2, 0.25) is 0 Å². The number of fused-ring (bicyclic) bond motifs is 1. The average Bonchev–Trinajstić information content (AvgIpc) is 3.07. The summed E-state index contributed by atoms with van der Waals surface area (Å²) < 4.78 is 26.4. The van der Waals surface area contributed by atoms with Crippen LogP contribution in [0.3, 0.4) is 0 Å². The number of rotatable bonds is 4. The SMILES string of the molecule is O=C(O)CC1CN(S(=O)(=O)c2ccn[nH]2)c2ccccc21. The summed E-state index contributed by atoms with van der Waals surface area (Å²) in [4.78, 5) is 11.0. The number of aromatic nitrogens is 2. The van der Waals surface area contributed by atoms with Crippen LogP contribution in [0.4, 0.5) is 5.69 Å². The number of hydrogen-bond acceptors (Lipinski definition) is 4. The van der Waals surface area contributed by atoms with Gasteiger partial charge in [-0.2, -0.15) is 13.5 Å². The Morgan fingerprint density at radius 3 is 2.81 bits per heavy atom. The maximum Gasteiger partial charge on any atom is 0.304 e. The van der Waals surface area contributed by atoms with Crippen LogP contribution in [0.25, 0.3) is 0 Å². The van der Waals surface area contributed by atoms with Crippen LogP contribution in [0.1, 0.15) is 17.9 Å². The van der Waals surface area contributed by atoms with Crippen molar-refractivity contribution in [1.82, 2.24) is 10.2 Å². The van der Waals surface area contributed by atoms with Crippen LogP contribution in [0.15, 0.2) is 41.6 Å². The maximum absolute atomic E-state index is 12.6. The molecule has 2 aromatic rings. The third kappa shape index (κ3) is 2.27. The zero-order valence-corrected chi connectivity index (χ0v) is 11.7. The van der Waals surface area contributed by atoms with Crippen LogP contribution in [-0.2, 0) is 14.8 Å². The number of aliphatic carboxylic acids is 1. The fourth-order valence-corrected chi connectivity index (χ4v) is 4.01. The minimum absolute atomic E-state index is 0.00622. The van der Waals surface area contributed by atoms with Gasteiger partial charge in [0.25, 0.3) is 10.0 Å². The molecular formula is C13H13N3O4S. The first kappa shape index (κ1) is 13.6. The lowest BCUT2D eigenvalue weighted by Crippen LogP contribution is -2.30. The normalized spacial score (nSPS) is 17.7. The van der Waals surface area contributed by atoms with Gasteiger partial charge < -0.3 is 5.11 Å². The van der Waals surface area contributed by atoms with E-state index in [0.29, 0.717) is 5.69 Å². The third-order valence-electron chi connectivity index (χ3n) is 3.50. The van der Waals surface area contributed by atoms with E-state index in [0.717, 1.165) is 5.56 Å². The lowest BCUT2D eigenvalue weighted by Gasteiger charge is -2.18. The Morgan fingerprint density at radius 1 is 1.38 bits per heavy atom. The van der Waals surface area contributed by atoms with Crippen LogP contribution in [0.5, 0.6) is 0 Å². The first-order chi connectivity index (χ1) is 10.00. The Balaban J connectivity index is 2.04. The van der Waals surface area contributed by atoms with Crippen molar-refractivity contribution >= 4 is 21.7 Å². The molecule has 1 aromatic heterocycles. The number of para-hydroxylation sites is 1. The summed E-state index contributed by atoms with van der Waals surface area (Å²) in [6.07, 6.45) is 1.26. The summed E-state index contributed by atoms with van der Waals surface area (Å²) in [5, 5.41) is 15.1. The first-order valence-corrected chi connectivity index (χ1v) is 7.77. The van der Waals surface area contributed by atoms with E-state index in [1.54, 1.807) is 24.3 Å². The fraction of sp³-hybridized carbons (Fsp3) is 0.231. The summed E-state index contributed by atoms with van der Waals surface area (Å²) in [6, 6.07) is 8.34. The summed E-state index contributed by atoms with van der Waals surface area (Å²) in [7, 11) is -3.76. The van der Waals surface area contributed by atoms with Crippen molar-refractivity contribution in [3.63, 3.8) is 0 Å². The number of benzene rings is 1. The van der Waals surface area contributed by atoms with E-state index in [2.05, 4.69) is 10.2 Å². The lowest BCUT2D eigenvalue weighted by atomic mass is 9.98. The quantitative estimate of drug-likeness (QED) is 0.882. The Labute approximate surface area is 121 Å². The molecule has 2 N–H and O–H groups in total. The van der Waals surface area contributed by atoms with E-state index < -0.39 is 16.0 Å². The topological polar surface area (TPSA) is 103 Å². The number of anilines is 1. The lowest BCUT2D eigenvalue weighted by molar-refractivity contribution is -0.137. The molecule has 7 nitrogen and oxygen atoms in total. The molecule has 1 aromatic carbocycles. The van der Waals surface area contributed by atoms with Crippen molar-refractivity contribution in [2.45, 2.75) is 17.4 Å². The number of sulfonamides is 1. The molecule has 0 fully saturated rings. The van der Waals surface area contributed by atoms with Gasteiger partial charge in [-0.3, -0.25) is 14.2 Å². The standard InChI is InChI=1S/C13H13N3O4S/c17-13(18)7-9-8-16(11-4-2-1-3-10(9)11)21(19,20)12-5-6-14-15-12/h1-6,9H,7-8H2,(H,14,15)(H,17,18). The zero-order valence-electron chi connectivity index (χ0n) is 10.9. The maximum atomic E-state index is 12.6. The van der Waals surface area contributed by atoms with E-state index in [1.807, 2.05) is 0 Å². The molecule has 21 heavy (non-hydrogen) atoms. The minimum Gasteiger partial charge on any atom is -0.481 e. The number of carbonyl (C=O) groups is 1. The fourth-order valence-electron chi connectivity index (χ4n) is 2.58. The van der Waals surface area contributed by atoms with Gasteiger partial charge >= 0.3 is 5.97 Å². The van der Waals surface area contributed by atoms with Crippen LogP contribution in [-0.4, -0.2) is 36.2 Å². The van der Waals surface area contributed by atoms with Crippen LogP contribution >= 0.6 is 0 Å². The number of carboxylic acids is 1. The first-order valence-electron chi connectivity index (χ1n) is 6.33. The van der Waals surface area contributed by atoms with Crippen molar-refractivity contribution in [3.05, 3.63) is 42.1 Å². The monoisotopic (exact) mass is 307 g/mol. The molecule has 0 saturated carbocycles. The molecule has 1 atom stereocenters. The van der Waals surface area contributed by atoms with Gasteiger partial charge in [0.05, 0.1) is 18.3 Å². The molecule has 0 radical (unpaired) electrons. The van der Waals surface area contributed by atoms with Crippen LogP contribution in [0, 0.1) is 0 Å². The largest absolute Gasteiger partial charge is 0.481 e. The third-order valence-corrected chi connectivity index (χ3v) is 5.20. The highest BCUT2D eigenvalue weighted by Crippen LogP contribution is 2.40. The molecule has 1 aliphatic heterocycles. The number of aromatic amines is 1. The smallest absolute Gasteiger partial charge is 0.304 e. The molecule has 2 heterocycles. The van der Waals surface area contributed by atoms with E-state index in [1.165, 1.54) is 16.6 Å². The Bertz CT molecular complexity index is 770. The highest BCUT2D eigenvalue weighted by Gasteiger charge is 2.37. The number of nitrogens with one attached hydrogen (secondary N) is 1. The van der Waals surface area contributed by atoms with Gasteiger partial charge in [-0.1, -0.05) is 18.2 Å². The second-order valence-electron chi connectivity index (χ2n) is 4.81. The van der Waals surface area contributed by atoms with Gasteiger partial charge in [-0.05, 0) is 17.7 Å². The van der Waals surface area contributed by atoms with Crippen molar-refractivity contribution in [3.8, 4) is 0 Å². The summed E-state index contributed by atoms with van der Waals surface area (Å²) in [5.41, 5.74) is 1.27. The van der Waals surface area contributed by atoms with Crippen molar-refractivity contribution in [2.75, 3.05) is 10.8 Å². The Kier molecular flexibility index (Phi) is 3.17. The molecule has 0 amide bonds. The molecule has 1 unspecified atom stereocenters. The molecule has 0 spiro atoms. The van der Waals surface area contributed by atoms with Gasteiger partial charge in [0, 0.05) is 12.5 Å². The Morgan fingerprint density at radius 2 is 2.14 bits per heavy atom. The molecule has 3 rings (SSSR count). The van der Waals surface area contributed by atoms with E-state index >= 15 is 0 Å². The average molecular weight is 307 g/mol. The van der Waals surface area contributed by atoms with Gasteiger partial charge in [0.2, 0.25) is 0 Å². The van der Waals surface area contributed by atoms with E-state index in [4.69, 9.17) is 5.11 Å². The number of hydrogen-bond donors (Lipinski definition) is 2. The highest BCUT2D eigenvalue weighted by molar-refractivity contribution is 7.92. The minimum atomic E-state index is -3.76.